The Morgan fingerprint density at radius 3 is 2.76 bits per heavy atom. The van der Waals surface area contributed by atoms with Gasteiger partial charge >= 0.3 is 0 Å². The van der Waals surface area contributed by atoms with Crippen molar-refractivity contribution in [2.75, 3.05) is 19.8 Å². The molecule has 2 heterocycles. The first kappa shape index (κ1) is 19.2. The summed E-state index contributed by atoms with van der Waals surface area (Å²) in [5, 5.41) is 3.47. The van der Waals surface area contributed by atoms with Crippen molar-refractivity contribution in [3.8, 4) is 11.5 Å². The molecule has 0 radical (unpaired) electrons. The minimum absolute atomic E-state index is 0.0613. The van der Waals surface area contributed by atoms with E-state index in [1.165, 1.54) is 18.4 Å². The van der Waals surface area contributed by atoms with Crippen molar-refractivity contribution in [2.45, 2.75) is 65.0 Å². The van der Waals surface area contributed by atoms with Crippen LogP contribution in [0.3, 0.4) is 0 Å². The molecule has 1 unspecified atom stereocenters. The third-order valence-electron chi connectivity index (χ3n) is 8.18. The number of hydrogen-bond acceptors (Lipinski definition) is 4. The molecule has 5 atom stereocenters. The molecule has 5 heteroatoms. The molecule has 158 valence electrons. The summed E-state index contributed by atoms with van der Waals surface area (Å²) in [4.78, 5) is 12.6. The summed E-state index contributed by atoms with van der Waals surface area (Å²) < 4.78 is 17.9. The van der Waals surface area contributed by atoms with Crippen molar-refractivity contribution >= 4 is 5.91 Å². The molecule has 29 heavy (non-hydrogen) atoms. The standard InChI is InChI=1S/C24H33NO4/c1-4-5-20(26)25-22-23(2,3)16-13-17-21(29-9-8-24(17,22)14-16)15-6-7-18-19(12-15)28-11-10-27-18/h6-7,12,16-17,21-22H,4-5,8-11,13-14H2,1-3H3,(H,25,26)/t16-,17-,21-,22-,24?/m1/s1. The van der Waals surface area contributed by atoms with Gasteiger partial charge in [0.2, 0.25) is 5.91 Å². The number of ether oxygens (including phenoxy) is 3. The summed E-state index contributed by atoms with van der Waals surface area (Å²) in [5.41, 5.74) is 1.45. The highest BCUT2D eigenvalue weighted by atomic mass is 16.6. The molecule has 1 amide bonds. The van der Waals surface area contributed by atoms with E-state index in [9.17, 15) is 4.79 Å². The largest absolute Gasteiger partial charge is 0.486 e. The Morgan fingerprint density at radius 1 is 1.17 bits per heavy atom. The van der Waals surface area contributed by atoms with Crippen LogP contribution < -0.4 is 14.8 Å². The summed E-state index contributed by atoms with van der Waals surface area (Å²) in [5.74, 6) is 2.91. The first-order chi connectivity index (χ1) is 14.0. The van der Waals surface area contributed by atoms with Crippen LogP contribution in [-0.2, 0) is 9.53 Å². The van der Waals surface area contributed by atoms with E-state index in [-0.39, 0.29) is 28.9 Å². The molecule has 2 bridgehead atoms. The van der Waals surface area contributed by atoms with Gasteiger partial charge in [-0.3, -0.25) is 4.79 Å². The Balaban J connectivity index is 1.46. The topological polar surface area (TPSA) is 56.8 Å². The maximum Gasteiger partial charge on any atom is 0.220 e. The van der Waals surface area contributed by atoms with Gasteiger partial charge in [0.1, 0.15) is 13.2 Å². The average molecular weight is 400 g/mol. The van der Waals surface area contributed by atoms with E-state index in [1.807, 2.05) is 6.07 Å². The van der Waals surface area contributed by atoms with Crippen LogP contribution >= 0.6 is 0 Å². The quantitative estimate of drug-likeness (QED) is 0.822. The second-order valence-electron chi connectivity index (χ2n) is 9.99. The molecule has 2 aliphatic heterocycles. The van der Waals surface area contributed by atoms with E-state index in [0.717, 1.165) is 30.9 Å². The number of carbonyl (C=O) groups is 1. The molecule has 1 aromatic rings. The zero-order valence-corrected chi connectivity index (χ0v) is 17.8. The predicted octanol–water partition coefficient (Wildman–Crippen LogP) is 4.26. The summed E-state index contributed by atoms with van der Waals surface area (Å²) in [7, 11) is 0. The Hall–Kier alpha value is -1.75. The first-order valence-corrected chi connectivity index (χ1v) is 11.3. The Kier molecular flexibility index (Phi) is 4.57. The van der Waals surface area contributed by atoms with Crippen LogP contribution in [0.25, 0.3) is 0 Å². The molecule has 1 aromatic carbocycles. The van der Waals surface area contributed by atoms with Crippen LogP contribution in [-0.4, -0.2) is 31.8 Å². The number of amides is 1. The number of rotatable bonds is 4. The lowest BCUT2D eigenvalue weighted by atomic mass is 9.59. The smallest absolute Gasteiger partial charge is 0.220 e. The number of benzene rings is 1. The lowest BCUT2D eigenvalue weighted by Crippen LogP contribution is -2.58. The third kappa shape index (κ3) is 2.88. The molecule has 4 aliphatic rings. The first-order valence-electron chi connectivity index (χ1n) is 11.3. The predicted molar refractivity (Wildman–Crippen MR) is 110 cm³/mol. The Labute approximate surface area is 173 Å². The van der Waals surface area contributed by atoms with Crippen LogP contribution in [0.4, 0.5) is 0 Å². The highest BCUT2D eigenvalue weighted by Crippen LogP contribution is 2.70. The summed E-state index contributed by atoms with van der Waals surface area (Å²) in [6.07, 6.45) is 4.97. The monoisotopic (exact) mass is 399 g/mol. The van der Waals surface area contributed by atoms with Gasteiger partial charge in [0.15, 0.2) is 11.5 Å². The van der Waals surface area contributed by atoms with Crippen LogP contribution in [0.15, 0.2) is 18.2 Å². The molecule has 5 rings (SSSR count). The molecule has 1 spiro atoms. The van der Waals surface area contributed by atoms with Crippen LogP contribution in [0.1, 0.15) is 64.5 Å². The van der Waals surface area contributed by atoms with Gasteiger partial charge in [0, 0.05) is 19.1 Å². The number of fused-ring (bicyclic) bond motifs is 2. The van der Waals surface area contributed by atoms with Gasteiger partial charge in [0.25, 0.3) is 0 Å². The normalized spacial score (nSPS) is 36.5. The number of carbonyl (C=O) groups excluding carboxylic acids is 1. The molecule has 2 saturated carbocycles. The van der Waals surface area contributed by atoms with Gasteiger partial charge in [0.05, 0.1) is 6.10 Å². The van der Waals surface area contributed by atoms with E-state index >= 15 is 0 Å². The molecule has 2 aliphatic carbocycles. The minimum Gasteiger partial charge on any atom is -0.486 e. The van der Waals surface area contributed by atoms with Crippen LogP contribution in [0.2, 0.25) is 0 Å². The van der Waals surface area contributed by atoms with Crippen molar-refractivity contribution in [3.05, 3.63) is 23.8 Å². The van der Waals surface area contributed by atoms with E-state index < -0.39 is 0 Å². The third-order valence-corrected chi connectivity index (χ3v) is 8.18. The van der Waals surface area contributed by atoms with Crippen LogP contribution in [0, 0.1) is 22.7 Å². The van der Waals surface area contributed by atoms with Crippen molar-refractivity contribution in [1.82, 2.24) is 5.32 Å². The van der Waals surface area contributed by atoms with Crippen molar-refractivity contribution < 1.29 is 19.0 Å². The summed E-state index contributed by atoms with van der Waals surface area (Å²) >= 11 is 0. The fraction of sp³-hybridized carbons (Fsp3) is 0.708. The van der Waals surface area contributed by atoms with Crippen molar-refractivity contribution in [3.63, 3.8) is 0 Å². The number of nitrogens with one attached hydrogen (secondary N) is 1. The zero-order valence-electron chi connectivity index (χ0n) is 17.8. The van der Waals surface area contributed by atoms with E-state index in [2.05, 4.69) is 38.2 Å². The molecule has 5 nitrogen and oxygen atoms in total. The highest BCUT2D eigenvalue weighted by Gasteiger charge is 2.68. The fourth-order valence-corrected chi connectivity index (χ4v) is 6.81. The van der Waals surface area contributed by atoms with Gasteiger partial charge < -0.3 is 19.5 Å². The molecule has 1 saturated heterocycles. The SMILES string of the molecule is CCCC(=O)N[C@@H]1C(C)(C)[C@@H]2C[C@@H]3[C@@H](c4ccc5c(c4)OCCO5)OCCC31C2. The maximum atomic E-state index is 12.6. The maximum absolute atomic E-state index is 12.6. The summed E-state index contributed by atoms with van der Waals surface area (Å²) in [6.45, 7) is 8.73. The van der Waals surface area contributed by atoms with Gasteiger partial charge in [-0.2, -0.15) is 0 Å². The van der Waals surface area contributed by atoms with Crippen molar-refractivity contribution in [1.29, 1.82) is 0 Å². The lowest BCUT2D eigenvalue weighted by molar-refractivity contribution is -0.137. The molecule has 3 fully saturated rings. The molecule has 0 aromatic heterocycles. The van der Waals surface area contributed by atoms with E-state index in [1.54, 1.807) is 0 Å². The Bertz CT molecular complexity index is 806. The summed E-state index contributed by atoms with van der Waals surface area (Å²) in [6, 6.07) is 6.49. The van der Waals surface area contributed by atoms with Gasteiger partial charge in [-0.05, 0) is 66.0 Å². The zero-order chi connectivity index (χ0) is 20.2. The van der Waals surface area contributed by atoms with Gasteiger partial charge in [-0.25, -0.2) is 0 Å². The fourth-order valence-electron chi connectivity index (χ4n) is 6.81. The van der Waals surface area contributed by atoms with Crippen molar-refractivity contribution in [2.24, 2.45) is 22.7 Å². The van der Waals surface area contributed by atoms with Crippen LogP contribution in [0.5, 0.6) is 11.5 Å². The lowest BCUT2D eigenvalue weighted by Gasteiger charge is -2.53. The van der Waals surface area contributed by atoms with Gasteiger partial charge in [-0.15, -0.1) is 0 Å². The second-order valence-corrected chi connectivity index (χ2v) is 9.99. The highest BCUT2D eigenvalue weighted by molar-refractivity contribution is 5.76. The average Bonchev–Trinajstić information content (AvgIpc) is 3.20. The van der Waals surface area contributed by atoms with Gasteiger partial charge in [-0.1, -0.05) is 26.8 Å². The second kappa shape index (κ2) is 6.90. The van der Waals surface area contributed by atoms with E-state index in [4.69, 9.17) is 14.2 Å². The molecular weight excluding hydrogens is 366 g/mol. The molecular formula is C24H33NO4. The Morgan fingerprint density at radius 2 is 1.97 bits per heavy atom. The minimum atomic E-state index is 0.0613. The molecule has 1 N–H and O–H groups in total. The number of hydrogen-bond donors (Lipinski definition) is 1. The van der Waals surface area contributed by atoms with E-state index in [0.29, 0.717) is 31.5 Å².